The fraction of sp³-hybridized carbons (Fsp3) is 0.222. The van der Waals surface area contributed by atoms with Crippen LogP contribution in [0.1, 0.15) is 0 Å². The minimum Gasteiger partial charge on any atom is -0.302 e. The van der Waals surface area contributed by atoms with E-state index in [9.17, 15) is 13.2 Å². The van der Waals surface area contributed by atoms with Crippen LogP contribution in [0, 0.1) is 0 Å². The van der Waals surface area contributed by atoms with Crippen LogP contribution in [0.25, 0.3) is 0 Å². The Balaban J connectivity index is 3.17. The molecule has 0 aliphatic carbocycles. The van der Waals surface area contributed by atoms with Crippen molar-refractivity contribution in [3.8, 4) is 0 Å². The highest BCUT2D eigenvalue weighted by molar-refractivity contribution is 7.89. The maximum absolute atomic E-state index is 11.9. The lowest BCUT2D eigenvalue weighted by Gasteiger charge is -2.14. The third-order valence-corrected chi connectivity index (χ3v) is 4.49. The molecule has 0 unspecified atom stereocenters. The first kappa shape index (κ1) is 13.4. The number of hydrogen-bond donors (Lipinski definition) is 0. The van der Waals surface area contributed by atoms with Crippen LogP contribution >= 0.6 is 23.2 Å². The predicted molar refractivity (Wildman–Crippen MR) is 62.3 cm³/mol. The Labute approximate surface area is 104 Å². The summed E-state index contributed by atoms with van der Waals surface area (Å²) in [5.74, 6) is 0. The predicted octanol–water partition coefficient (Wildman–Crippen LogP) is 1.81. The fourth-order valence-electron chi connectivity index (χ4n) is 1.02. The van der Waals surface area contributed by atoms with E-state index in [4.69, 9.17) is 23.2 Å². The van der Waals surface area contributed by atoms with E-state index < -0.39 is 10.0 Å². The molecule has 0 fully saturated rings. The first-order valence-corrected chi connectivity index (χ1v) is 6.44. The van der Waals surface area contributed by atoms with Gasteiger partial charge >= 0.3 is 0 Å². The van der Waals surface area contributed by atoms with Crippen molar-refractivity contribution in [2.24, 2.45) is 0 Å². The number of carbonyl (C=O) groups is 1. The molecule has 4 nitrogen and oxygen atoms in total. The summed E-state index contributed by atoms with van der Waals surface area (Å²) in [6, 6.07) is 3.98. The molecule has 16 heavy (non-hydrogen) atoms. The van der Waals surface area contributed by atoms with Crippen molar-refractivity contribution in [1.82, 2.24) is 4.31 Å². The quantitative estimate of drug-likeness (QED) is 0.791. The minimum atomic E-state index is -3.68. The second kappa shape index (κ2) is 5.14. The van der Waals surface area contributed by atoms with Gasteiger partial charge in [-0.3, -0.25) is 0 Å². The topological polar surface area (TPSA) is 54.5 Å². The van der Waals surface area contributed by atoms with E-state index >= 15 is 0 Å². The molecule has 0 N–H and O–H groups in total. The molecule has 0 heterocycles. The molecular weight excluding hydrogens is 273 g/mol. The van der Waals surface area contributed by atoms with E-state index in [-0.39, 0.29) is 21.5 Å². The highest BCUT2D eigenvalue weighted by Crippen LogP contribution is 2.25. The van der Waals surface area contributed by atoms with Crippen LogP contribution < -0.4 is 0 Å². The van der Waals surface area contributed by atoms with Crippen molar-refractivity contribution < 1.29 is 13.2 Å². The van der Waals surface area contributed by atoms with Gasteiger partial charge in [-0.1, -0.05) is 23.2 Å². The lowest BCUT2D eigenvalue weighted by Crippen LogP contribution is -2.28. The molecule has 0 radical (unpaired) electrons. The second-order valence-corrected chi connectivity index (χ2v) is 5.89. The van der Waals surface area contributed by atoms with E-state index in [0.717, 1.165) is 4.31 Å². The van der Waals surface area contributed by atoms with E-state index in [0.29, 0.717) is 6.29 Å². The van der Waals surface area contributed by atoms with Crippen molar-refractivity contribution in [2.45, 2.75) is 4.90 Å². The van der Waals surface area contributed by atoms with Gasteiger partial charge < -0.3 is 4.79 Å². The fourth-order valence-corrected chi connectivity index (χ4v) is 2.51. The average Bonchev–Trinajstić information content (AvgIpc) is 2.22. The second-order valence-electron chi connectivity index (χ2n) is 3.03. The summed E-state index contributed by atoms with van der Waals surface area (Å²) in [6.45, 7) is -0.206. The summed E-state index contributed by atoms with van der Waals surface area (Å²) in [5, 5.41) is 0.431. The van der Waals surface area contributed by atoms with Crippen molar-refractivity contribution in [1.29, 1.82) is 0 Å². The zero-order valence-corrected chi connectivity index (χ0v) is 10.7. The molecule has 0 atom stereocenters. The number of benzene rings is 1. The number of rotatable bonds is 4. The molecule has 7 heteroatoms. The highest BCUT2D eigenvalue weighted by Gasteiger charge is 2.20. The number of carbonyl (C=O) groups excluding carboxylic acids is 1. The van der Waals surface area contributed by atoms with Gasteiger partial charge in [-0.2, -0.15) is 4.31 Å². The van der Waals surface area contributed by atoms with Gasteiger partial charge in [0.25, 0.3) is 0 Å². The van der Waals surface area contributed by atoms with Crippen LogP contribution in [0.4, 0.5) is 0 Å². The van der Waals surface area contributed by atoms with Crippen molar-refractivity contribution in [3.63, 3.8) is 0 Å². The van der Waals surface area contributed by atoms with E-state index in [2.05, 4.69) is 0 Å². The normalized spacial score (nSPS) is 11.8. The Morgan fingerprint density at radius 1 is 1.31 bits per heavy atom. The molecule has 1 aromatic rings. The van der Waals surface area contributed by atoms with Gasteiger partial charge in [0.1, 0.15) is 6.29 Å². The molecule has 88 valence electrons. The minimum absolute atomic E-state index is 0.00579. The number of aldehydes is 1. The Bertz CT molecular complexity index is 501. The average molecular weight is 282 g/mol. The number of hydrogen-bond acceptors (Lipinski definition) is 3. The maximum Gasteiger partial charge on any atom is 0.243 e. The molecule has 0 spiro atoms. The molecular formula is C9H9Cl2NO3S. The first-order chi connectivity index (χ1) is 7.39. The Morgan fingerprint density at radius 2 is 1.94 bits per heavy atom. The highest BCUT2D eigenvalue weighted by atomic mass is 35.5. The van der Waals surface area contributed by atoms with Gasteiger partial charge in [-0.25, -0.2) is 8.42 Å². The van der Waals surface area contributed by atoms with Gasteiger partial charge in [0.2, 0.25) is 10.0 Å². The van der Waals surface area contributed by atoms with Crippen LogP contribution in [0.2, 0.25) is 10.0 Å². The van der Waals surface area contributed by atoms with Crippen LogP contribution in [0.15, 0.2) is 23.1 Å². The standard InChI is InChI=1S/C9H9Cl2NO3S/c1-12(4-5-13)16(14,15)7-2-3-8(10)9(11)6-7/h2-3,5-6H,4H2,1H3. The van der Waals surface area contributed by atoms with Gasteiger partial charge in [0, 0.05) is 7.05 Å². The number of nitrogens with zero attached hydrogens (tertiary/aromatic N) is 1. The van der Waals surface area contributed by atoms with Crippen molar-refractivity contribution in [3.05, 3.63) is 28.2 Å². The third-order valence-electron chi connectivity index (χ3n) is 1.93. The monoisotopic (exact) mass is 281 g/mol. The molecule has 1 rings (SSSR count). The molecule has 1 aromatic carbocycles. The molecule has 0 aliphatic rings. The Kier molecular flexibility index (Phi) is 4.32. The van der Waals surface area contributed by atoms with Gasteiger partial charge in [0.05, 0.1) is 21.5 Å². The molecule has 0 saturated heterocycles. The smallest absolute Gasteiger partial charge is 0.243 e. The van der Waals surface area contributed by atoms with Crippen LogP contribution in [0.5, 0.6) is 0 Å². The number of likely N-dealkylation sites (N-methyl/N-ethyl adjacent to an activating group) is 1. The summed E-state index contributed by atoms with van der Waals surface area (Å²) < 4.78 is 24.6. The summed E-state index contributed by atoms with van der Waals surface area (Å²) in [5.41, 5.74) is 0. The van der Waals surface area contributed by atoms with Crippen molar-refractivity contribution >= 4 is 39.5 Å². The summed E-state index contributed by atoms with van der Waals surface area (Å²) in [7, 11) is -2.37. The lowest BCUT2D eigenvalue weighted by atomic mass is 10.4. The van der Waals surface area contributed by atoms with E-state index in [1.165, 1.54) is 25.2 Å². The zero-order chi connectivity index (χ0) is 12.3. The molecule has 0 aliphatic heterocycles. The van der Waals surface area contributed by atoms with Gasteiger partial charge in [0.15, 0.2) is 0 Å². The largest absolute Gasteiger partial charge is 0.302 e. The van der Waals surface area contributed by atoms with Crippen LogP contribution in [0.3, 0.4) is 0 Å². The SMILES string of the molecule is CN(CC=O)S(=O)(=O)c1ccc(Cl)c(Cl)c1. The van der Waals surface area contributed by atoms with Crippen molar-refractivity contribution in [2.75, 3.05) is 13.6 Å². The summed E-state index contributed by atoms with van der Waals surface area (Å²) in [4.78, 5) is 10.3. The molecule has 0 amide bonds. The Hall–Kier alpha value is -0.620. The molecule has 0 aromatic heterocycles. The summed E-state index contributed by atoms with van der Waals surface area (Å²) in [6.07, 6.45) is 0.509. The maximum atomic E-state index is 11.9. The van der Waals surface area contributed by atoms with Crippen LogP contribution in [-0.2, 0) is 14.8 Å². The third kappa shape index (κ3) is 2.74. The summed E-state index contributed by atoms with van der Waals surface area (Å²) >= 11 is 11.4. The number of sulfonamides is 1. The zero-order valence-electron chi connectivity index (χ0n) is 8.35. The first-order valence-electron chi connectivity index (χ1n) is 4.24. The van der Waals surface area contributed by atoms with E-state index in [1.807, 2.05) is 0 Å². The van der Waals surface area contributed by atoms with Gasteiger partial charge in [-0.15, -0.1) is 0 Å². The lowest BCUT2D eigenvalue weighted by molar-refractivity contribution is -0.107. The molecule has 0 bridgehead atoms. The van der Waals surface area contributed by atoms with Crippen LogP contribution in [-0.4, -0.2) is 32.6 Å². The van der Waals surface area contributed by atoms with E-state index in [1.54, 1.807) is 0 Å². The van der Waals surface area contributed by atoms with Gasteiger partial charge in [-0.05, 0) is 18.2 Å². The number of halogens is 2. The molecule has 0 saturated carbocycles. The Morgan fingerprint density at radius 3 is 2.44 bits per heavy atom.